The SMILES string of the molecule is Cc1c(CNCc2ccc(O)cn2)cnn1C. The van der Waals surface area contributed by atoms with Crippen molar-refractivity contribution in [2.45, 2.75) is 20.0 Å². The van der Waals surface area contributed by atoms with Gasteiger partial charge >= 0.3 is 0 Å². The molecule has 0 unspecified atom stereocenters. The summed E-state index contributed by atoms with van der Waals surface area (Å²) in [5, 5.41) is 16.6. The van der Waals surface area contributed by atoms with E-state index >= 15 is 0 Å². The number of aromatic nitrogens is 3. The predicted molar refractivity (Wildman–Crippen MR) is 64.4 cm³/mol. The molecule has 0 saturated carbocycles. The van der Waals surface area contributed by atoms with Gasteiger partial charge in [-0.15, -0.1) is 0 Å². The minimum Gasteiger partial charge on any atom is -0.506 e. The Hall–Kier alpha value is -1.88. The van der Waals surface area contributed by atoms with E-state index in [2.05, 4.69) is 15.4 Å². The van der Waals surface area contributed by atoms with Gasteiger partial charge in [-0.05, 0) is 19.1 Å². The average molecular weight is 232 g/mol. The highest BCUT2D eigenvalue weighted by molar-refractivity contribution is 5.18. The van der Waals surface area contributed by atoms with E-state index in [4.69, 9.17) is 5.11 Å². The summed E-state index contributed by atoms with van der Waals surface area (Å²) in [4.78, 5) is 4.10. The lowest BCUT2D eigenvalue weighted by molar-refractivity contribution is 0.471. The van der Waals surface area contributed by atoms with Crippen molar-refractivity contribution in [3.8, 4) is 5.75 Å². The van der Waals surface area contributed by atoms with Gasteiger partial charge in [0.25, 0.3) is 0 Å². The van der Waals surface area contributed by atoms with Crippen molar-refractivity contribution in [1.82, 2.24) is 20.1 Å². The summed E-state index contributed by atoms with van der Waals surface area (Å²) < 4.78 is 1.86. The fraction of sp³-hybridized carbons (Fsp3) is 0.333. The van der Waals surface area contributed by atoms with Crippen molar-refractivity contribution < 1.29 is 5.11 Å². The highest BCUT2D eigenvalue weighted by atomic mass is 16.3. The molecule has 2 rings (SSSR count). The standard InChI is InChI=1S/C12H16N4O/c1-9-10(6-15-16(9)2)5-13-7-11-3-4-12(17)8-14-11/h3-4,6,8,13,17H,5,7H2,1-2H3. The quantitative estimate of drug-likeness (QED) is 0.829. The molecule has 0 amide bonds. The second kappa shape index (κ2) is 4.97. The van der Waals surface area contributed by atoms with Gasteiger partial charge in [0.2, 0.25) is 0 Å². The van der Waals surface area contributed by atoms with Gasteiger partial charge < -0.3 is 10.4 Å². The molecule has 2 N–H and O–H groups in total. The number of pyridine rings is 1. The highest BCUT2D eigenvalue weighted by Crippen LogP contribution is 2.07. The van der Waals surface area contributed by atoms with Gasteiger partial charge in [0.05, 0.1) is 18.1 Å². The molecule has 0 aliphatic carbocycles. The fourth-order valence-corrected chi connectivity index (χ4v) is 1.56. The highest BCUT2D eigenvalue weighted by Gasteiger charge is 2.02. The summed E-state index contributed by atoms with van der Waals surface area (Å²) in [6.07, 6.45) is 3.32. The molecule has 2 aromatic heterocycles. The maximum atomic E-state index is 9.11. The molecule has 0 saturated heterocycles. The average Bonchev–Trinajstić information content (AvgIpc) is 2.64. The molecular formula is C12H16N4O. The summed E-state index contributed by atoms with van der Waals surface area (Å²) in [5.41, 5.74) is 3.26. The van der Waals surface area contributed by atoms with Crippen molar-refractivity contribution in [3.63, 3.8) is 0 Å². The lowest BCUT2D eigenvalue weighted by Crippen LogP contribution is -2.14. The first kappa shape index (κ1) is 11.6. The summed E-state index contributed by atoms with van der Waals surface area (Å²) in [6, 6.07) is 3.44. The lowest BCUT2D eigenvalue weighted by Gasteiger charge is -2.04. The van der Waals surface area contributed by atoms with E-state index in [1.54, 1.807) is 12.1 Å². The maximum absolute atomic E-state index is 9.11. The van der Waals surface area contributed by atoms with E-state index in [0.717, 1.165) is 17.9 Å². The first-order valence-corrected chi connectivity index (χ1v) is 5.49. The maximum Gasteiger partial charge on any atom is 0.133 e. The van der Waals surface area contributed by atoms with Crippen LogP contribution >= 0.6 is 0 Å². The zero-order chi connectivity index (χ0) is 12.3. The Bertz CT molecular complexity index is 490. The van der Waals surface area contributed by atoms with Crippen LogP contribution in [0.3, 0.4) is 0 Å². The number of rotatable bonds is 4. The molecular weight excluding hydrogens is 216 g/mol. The summed E-state index contributed by atoms with van der Waals surface area (Å²) in [5.74, 6) is 0.192. The Kier molecular flexibility index (Phi) is 3.39. The van der Waals surface area contributed by atoms with Crippen molar-refractivity contribution in [2.24, 2.45) is 7.05 Å². The topological polar surface area (TPSA) is 63.0 Å². The summed E-state index contributed by atoms with van der Waals surface area (Å²) >= 11 is 0. The Balaban J connectivity index is 1.87. The molecule has 2 heterocycles. The molecule has 5 heteroatoms. The Morgan fingerprint density at radius 3 is 2.71 bits per heavy atom. The second-order valence-electron chi connectivity index (χ2n) is 3.99. The molecule has 0 spiro atoms. The second-order valence-corrected chi connectivity index (χ2v) is 3.99. The molecule has 0 fully saturated rings. The van der Waals surface area contributed by atoms with Gasteiger partial charge in [-0.1, -0.05) is 0 Å². The predicted octanol–water partition coefficient (Wildman–Crippen LogP) is 1.12. The molecule has 0 aliphatic rings. The van der Waals surface area contributed by atoms with Crippen LogP contribution < -0.4 is 5.32 Å². The summed E-state index contributed by atoms with van der Waals surface area (Å²) in [6.45, 7) is 3.49. The van der Waals surface area contributed by atoms with Gasteiger partial charge in [0, 0.05) is 31.4 Å². The number of nitrogens with zero attached hydrogens (tertiary/aromatic N) is 3. The van der Waals surface area contributed by atoms with E-state index in [1.807, 2.05) is 24.9 Å². The van der Waals surface area contributed by atoms with Gasteiger partial charge in [0.1, 0.15) is 5.75 Å². The first-order chi connectivity index (χ1) is 8.16. The van der Waals surface area contributed by atoms with Crippen molar-refractivity contribution >= 4 is 0 Å². The van der Waals surface area contributed by atoms with Crippen LogP contribution in [0.25, 0.3) is 0 Å². The zero-order valence-corrected chi connectivity index (χ0v) is 10.0. The first-order valence-electron chi connectivity index (χ1n) is 5.49. The molecule has 0 aromatic carbocycles. The van der Waals surface area contributed by atoms with E-state index in [0.29, 0.717) is 6.54 Å². The minimum atomic E-state index is 0.192. The molecule has 0 atom stereocenters. The molecule has 0 aliphatic heterocycles. The van der Waals surface area contributed by atoms with Crippen LogP contribution in [-0.4, -0.2) is 19.9 Å². The van der Waals surface area contributed by atoms with E-state index < -0.39 is 0 Å². The smallest absolute Gasteiger partial charge is 0.133 e. The van der Waals surface area contributed by atoms with Crippen LogP contribution in [0.15, 0.2) is 24.5 Å². The number of hydrogen-bond acceptors (Lipinski definition) is 4. The van der Waals surface area contributed by atoms with Gasteiger partial charge in [-0.2, -0.15) is 5.10 Å². The zero-order valence-electron chi connectivity index (χ0n) is 10.0. The van der Waals surface area contributed by atoms with Crippen LogP contribution in [0, 0.1) is 6.92 Å². The normalized spacial score (nSPS) is 10.7. The van der Waals surface area contributed by atoms with Gasteiger partial charge in [-0.3, -0.25) is 9.67 Å². The number of aromatic hydroxyl groups is 1. The molecule has 17 heavy (non-hydrogen) atoms. The van der Waals surface area contributed by atoms with Gasteiger partial charge in [0.15, 0.2) is 0 Å². The summed E-state index contributed by atoms with van der Waals surface area (Å²) in [7, 11) is 1.93. The number of aryl methyl sites for hydroxylation is 1. The van der Waals surface area contributed by atoms with E-state index in [-0.39, 0.29) is 5.75 Å². The number of hydrogen-bond donors (Lipinski definition) is 2. The van der Waals surface area contributed by atoms with Crippen LogP contribution in [0.5, 0.6) is 5.75 Å². The molecule has 90 valence electrons. The Morgan fingerprint density at radius 2 is 2.12 bits per heavy atom. The third-order valence-corrected chi connectivity index (χ3v) is 2.77. The lowest BCUT2D eigenvalue weighted by atomic mass is 10.2. The van der Waals surface area contributed by atoms with Crippen LogP contribution in [0.4, 0.5) is 0 Å². The number of nitrogens with one attached hydrogen (secondary N) is 1. The monoisotopic (exact) mass is 232 g/mol. The van der Waals surface area contributed by atoms with Crippen molar-refractivity contribution in [1.29, 1.82) is 0 Å². The van der Waals surface area contributed by atoms with E-state index in [9.17, 15) is 0 Å². The Morgan fingerprint density at radius 1 is 1.29 bits per heavy atom. The minimum absolute atomic E-state index is 0.192. The largest absolute Gasteiger partial charge is 0.506 e. The third kappa shape index (κ3) is 2.82. The Labute approximate surface area is 100 Å². The molecule has 5 nitrogen and oxygen atoms in total. The van der Waals surface area contributed by atoms with Crippen molar-refractivity contribution in [2.75, 3.05) is 0 Å². The van der Waals surface area contributed by atoms with Crippen LogP contribution in [-0.2, 0) is 20.1 Å². The van der Waals surface area contributed by atoms with Gasteiger partial charge in [-0.25, -0.2) is 0 Å². The van der Waals surface area contributed by atoms with E-state index in [1.165, 1.54) is 11.8 Å². The van der Waals surface area contributed by atoms with Crippen LogP contribution in [0.1, 0.15) is 17.0 Å². The van der Waals surface area contributed by atoms with Crippen molar-refractivity contribution in [3.05, 3.63) is 41.5 Å². The molecule has 0 bridgehead atoms. The molecule has 2 aromatic rings. The van der Waals surface area contributed by atoms with Crippen LogP contribution in [0.2, 0.25) is 0 Å². The molecule has 0 radical (unpaired) electrons. The third-order valence-electron chi connectivity index (χ3n) is 2.77. The fourth-order valence-electron chi connectivity index (χ4n) is 1.56.